The van der Waals surface area contributed by atoms with Crippen molar-refractivity contribution in [2.75, 3.05) is 13.1 Å². The number of nitrogens with zero attached hydrogens (tertiary/aromatic N) is 4. The van der Waals surface area contributed by atoms with Gasteiger partial charge in [-0.1, -0.05) is 5.21 Å². The summed E-state index contributed by atoms with van der Waals surface area (Å²) >= 11 is 0. The second kappa shape index (κ2) is 4.28. The number of nitrogens with one attached hydrogen (secondary N) is 1. The maximum Gasteiger partial charge on any atom is 0.0738 e. The normalized spacial score (nSPS) is 28.2. The van der Waals surface area contributed by atoms with E-state index in [1.54, 1.807) is 0 Å². The molecule has 0 amide bonds. The van der Waals surface area contributed by atoms with E-state index in [-0.39, 0.29) is 0 Å². The molecule has 5 heteroatoms. The zero-order valence-corrected chi connectivity index (χ0v) is 9.64. The van der Waals surface area contributed by atoms with Crippen LogP contribution in [0.25, 0.3) is 0 Å². The Balaban J connectivity index is 2.01. The van der Waals surface area contributed by atoms with Crippen molar-refractivity contribution in [2.24, 2.45) is 7.05 Å². The maximum atomic E-state index is 3.95. The summed E-state index contributed by atoms with van der Waals surface area (Å²) in [4.78, 5) is 2.47. The topological polar surface area (TPSA) is 46.0 Å². The Labute approximate surface area is 90.5 Å². The highest BCUT2D eigenvalue weighted by Gasteiger charge is 2.22. The van der Waals surface area contributed by atoms with Gasteiger partial charge in [-0.25, -0.2) is 0 Å². The first-order valence-electron chi connectivity index (χ1n) is 5.48. The molecule has 2 unspecified atom stereocenters. The highest BCUT2D eigenvalue weighted by molar-refractivity contribution is 4.95. The lowest BCUT2D eigenvalue weighted by Crippen LogP contribution is -2.53. The molecule has 0 aliphatic carbocycles. The third-order valence-electron chi connectivity index (χ3n) is 3.07. The van der Waals surface area contributed by atoms with Crippen LogP contribution in [0.5, 0.6) is 0 Å². The predicted octanol–water partition coefficient (Wildman–Crippen LogP) is -0.00270. The van der Waals surface area contributed by atoms with Crippen LogP contribution in [-0.4, -0.2) is 45.1 Å². The van der Waals surface area contributed by atoms with Gasteiger partial charge in [-0.2, -0.15) is 0 Å². The Morgan fingerprint density at radius 2 is 2.33 bits per heavy atom. The van der Waals surface area contributed by atoms with Gasteiger partial charge in [0.05, 0.1) is 11.9 Å². The number of hydrogen-bond donors (Lipinski definition) is 1. The van der Waals surface area contributed by atoms with Gasteiger partial charge in [0.25, 0.3) is 0 Å². The molecule has 2 heterocycles. The zero-order chi connectivity index (χ0) is 10.8. The maximum absolute atomic E-state index is 3.95. The molecule has 5 nitrogen and oxygen atoms in total. The number of aryl methyl sites for hydroxylation is 1. The molecule has 0 saturated carbocycles. The van der Waals surface area contributed by atoms with Gasteiger partial charge in [0.2, 0.25) is 0 Å². The molecule has 1 saturated heterocycles. The second-order valence-electron chi connectivity index (χ2n) is 4.44. The van der Waals surface area contributed by atoms with Gasteiger partial charge < -0.3 is 5.32 Å². The molecule has 0 radical (unpaired) electrons. The van der Waals surface area contributed by atoms with Crippen LogP contribution in [-0.2, 0) is 13.6 Å². The molecule has 1 aliphatic heterocycles. The molecule has 1 fully saturated rings. The lowest BCUT2D eigenvalue weighted by atomic mass is 10.1. The average Bonchev–Trinajstić information content (AvgIpc) is 2.58. The molecule has 0 aromatic carbocycles. The summed E-state index contributed by atoms with van der Waals surface area (Å²) in [7, 11) is 1.94. The fraction of sp³-hybridized carbons (Fsp3) is 0.800. The summed E-state index contributed by atoms with van der Waals surface area (Å²) in [5.41, 5.74) is 1.18. The van der Waals surface area contributed by atoms with Gasteiger partial charge in [0.15, 0.2) is 0 Å². The van der Waals surface area contributed by atoms with Crippen LogP contribution in [0.2, 0.25) is 0 Å². The molecule has 2 atom stereocenters. The van der Waals surface area contributed by atoms with Crippen molar-refractivity contribution >= 4 is 0 Å². The first-order chi connectivity index (χ1) is 7.16. The van der Waals surface area contributed by atoms with Crippen molar-refractivity contribution in [3.05, 3.63) is 11.9 Å². The highest BCUT2D eigenvalue weighted by atomic mass is 15.4. The van der Waals surface area contributed by atoms with Crippen LogP contribution < -0.4 is 5.32 Å². The first kappa shape index (κ1) is 10.6. The van der Waals surface area contributed by atoms with Gasteiger partial charge in [0.1, 0.15) is 0 Å². The number of hydrogen-bond acceptors (Lipinski definition) is 4. The molecule has 1 aliphatic rings. The van der Waals surface area contributed by atoms with Crippen molar-refractivity contribution in [2.45, 2.75) is 32.5 Å². The van der Waals surface area contributed by atoms with Crippen LogP contribution in [0.3, 0.4) is 0 Å². The molecule has 2 rings (SSSR count). The zero-order valence-electron chi connectivity index (χ0n) is 9.64. The van der Waals surface area contributed by atoms with E-state index in [2.05, 4.69) is 34.4 Å². The lowest BCUT2D eigenvalue weighted by molar-refractivity contribution is 0.135. The van der Waals surface area contributed by atoms with E-state index in [9.17, 15) is 0 Å². The Morgan fingerprint density at radius 1 is 1.53 bits per heavy atom. The molecule has 1 aromatic rings. The summed E-state index contributed by atoms with van der Waals surface area (Å²) in [6.07, 6.45) is 1.85. The third-order valence-corrected chi connectivity index (χ3v) is 3.07. The molecule has 15 heavy (non-hydrogen) atoms. The van der Waals surface area contributed by atoms with Gasteiger partial charge in [-0.3, -0.25) is 9.58 Å². The van der Waals surface area contributed by atoms with Crippen LogP contribution in [0, 0.1) is 0 Å². The number of piperazine rings is 1. The summed E-state index contributed by atoms with van der Waals surface area (Å²) in [5.74, 6) is 0. The SMILES string of the molecule is CC1CN(Cc2cnnn2C)C(C)CN1. The highest BCUT2D eigenvalue weighted by Crippen LogP contribution is 2.10. The summed E-state index contributed by atoms with van der Waals surface area (Å²) in [6.45, 7) is 7.57. The summed E-state index contributed by atoms with van der Waals surface area (Å²) in [6, 6.07) is 1.15. The van der Waals surface area contributed by atoms with E-state index < -0.39 is 0 Å². The summed E-state index contributed by atoms with van der Waals surface area (Å²) in [5, 5.41) is 11.3. The van der Waals surface area contributed by atoms with E-state index >= 15 is 0 Å². The van der Waals surface area contributed by atoms with Crippen LogP contribution in [0.15, 0.2) is 6.20 Å². The smallest absolute Gasteiger partial charge is 0.0738 e. The average molecular weight is 209 g/mol. The first-order valence-corrected chi connectivity index (χ1v) is 5.48. The van der Waals surface area contributed by atoms with Crippen LogP contribution >= 0.6 is 0 Å². The lowest BCUT2D eigenvalue weighted by Gasteiger charge is -2.37. The van der Waals surface area contributed by atoms with Gasteiger partial charge >= 0.3 is 0 Å². The predicted molar refractivity (Wildman–Crippen MR) is 58.3 cm³/mol. The van der Waals surface area contributed by atoms with Gasteiger partial charge in [-0.05, 0) is 13.8 Å². The van der Waals surface area contributed by atoms with Crippen LogP contribution in [0.4, 0.5) is 0 Å². The van der Waals surface area contributed by atoms with Crippen molar-refractivity contribution in [1.29, 1.82) is 0 Å². The number of aromatic nitrogens is 3. The Kier molecular flexibility index (Phi) is 3.02. The summed E-state index contributed by atoms with van der Waals surface area (Å²) < 4.78 is 1.85. The van der Waals surface area contributed by atoms with E-state index in [0.717, 1.165) is 19.6 Å². The van der Waals surface area contributed by atoms with Crippen molar-refractivity contribution in [3.63, 3.8) is 0 Å². The minimum atomic E-state index is 0.572. The third kappa shape index (κ3) is 2.35. The minimum Gasteiger partial charge on any atom is -0.311 e. The fourth-order valence-electron chi connectivity index (χ4n) is 1.98. The molecule has 0 bridgehead atoms. The largest absolute Gasteiger partial charge is 0.311 e. The van der Waals surface area contributed by atoms with E-state index in [4.69, 9.17) is 0 Å². The van der Waals surface area contributed by atoms with E-state index in [0.29, 0.717) is 12.1 Å². The van der Waals surface area contributed by atoms with E-state index in [1.807, 2.05) is 17.9 Å². The molecule has 0 spiro atoms. The van der Waals surface area contributed by atoms with E-state index in [1.165, 1.54) is 5.69 Å². The monoisotopic (exact) mass is 209 g/mol. The standard InChI is InChI=1S/C10H19N5/c1-8-6-15(9(2)4-11-8)7-10-5-12-13-14(10)3/h5,8-9,11H,4,6-7H2,1-3H3. The molecule has 1 N–H and O–H groups in total. The fourth-order valence-corrected chi connectivity index (χ4v) is 1.98. The van der Waals surface area contributed by atoms with Gasteiger partial charge in [-0.15, -0.1) is 5.10 Å². The number of rotatable bonds is 2. The second-order valence-corrected chi connectivity index (χ2v) is 4.44. The van der Waals surface area contributed by atoms with Crippen molar-refractivity contribution in [3.8, 4) is 0 Å². The van der Waals surface area contributed by atoms with Gasteiger partial charge in [0, 0.05) is 38.8 Å². The van der Waals surface area contributed by atoms with Crippen molar-refractivity contribution < 1.29 is 0 Å². The quantitative estimate of drug-likeness (QED) is 0.744. The Hall–Kier alpha value is -0.940. The Bertz CT molecular complexity index is 321. The Morgan fingerprint density at radius 3 is 3.00 bits per heavy atom. The molecular formula is C10H19N5. The van der Waals surface area contributed by atoms with Crippen LogP contribution in [0.1, 0.15) is 19.5 Å². The molecule has 1 aromatic heterocycles. The van der Waals surface area contributed by atoms with Crippen molar-refractivity contribution in [1.82, 2.24) is 25.2 Å². The molecular weight excluding hydrogens is 190 g/mol. The molecule has 84 valence electrons. The minimum absolute atomic E-state index is 0.572.